The van der Waals surface area contributed by atoms with Crippen LogP contribution in [0.1, 0.15) is 53.4 Å². The lowest BCUT2D eigenvalue weighted by Gasteiger charge is -2.30. The van der Waals surface area contributed by atoms with E-state index in [1.165, 1.54) is 32.2 Å². The van der Waals surface area contributed by atoms with Crippen LogP contribution in [0.25, 0.3) is 0 Å². The van der Waals surface area contributed by atoms with Gasteiger partial charge in [0.1, 0.15) is 0 Å². The third-order valence-corrected chi connectivity index (χ3v) is 2.70. The maximum absolute atomic E-state index is 5.46. The highest BCUT2D eigenvalue weighted by molar-refractivity contribution is 4.66. The number of hydrogen-bond acceptors (Lipinski definition) is 2. The van der Waals surface area contributed by atoms with Crippen LogP contribution in [0.4, 0.5) is 0 Å². The predicted octanol–water partition coefficient (Wildman–Crippen LogP) is 2.62. The van der Waals surface area contributed by atoms with Crippen LogP contribution >= 0.6 is 0 Å². The summed E-state index contributed by atoms with van der Waals surface area (Å²) in [6, 6.07) is 1.34. The maximum atomic E-state index is 5.46. The Kier molecular flexibility index (Phi) is 8.20. The third kappa shape index (κ3) is 6.39. The Bertz CT molecular complexity index is 113. The van der Waals surface area contributed by atoms with Gasteiger partial charge in [-0.05, 0) is 53.6 Å². The molecule has 14 heavy (non-hydrogen) atoms. The monoisotopic (exact) mass is 200 g/mol. The van der Waals surface area contributed by atoms with Crippen LogP contribution in [0.5, 0.6) is 0 Å². The Morgan fingerprint density at radius 3 is 1.79 bits per heavy atom. The standard InChI is InChI=1S/C12H28N2/c1-11(2)14(12(3)4)10-8-6-5-7-9-13/h11-12H,5-10,13H2,1-4H3. The first kappa shape index (κ1) is 13.9. The van der Waals surface area contributed by atoms with Crippen molar-refractivity contribution in [2.24, 2.45) is 5.73 Å². The van der Waals surface area contributed by atoms with Gasteiger partial charge >= 0.3 is 0 Å². The van der Waals surface area contributed by atoms with E-state index < -0.39 is 0 Å². The third-order valence-electron chi connectivity index (χ3n) is 2.70. The van der Waals surface area contributed by atoms with Crippen LogP contribution in [0, 0.1) is 0 Å². The molecule has 0 aromatic heterocycles. The minimum Gasteiger partial charge on any atom is -0.330 e. The molecule has 2 N–H and O–H groups in total. The van der Waals surface area contributed by atoms with Crippen LogP contribution < -0.4 is 5.73 Å². The van der Waals surface area contributed by atoms with Gasteiger partial charge in [0.15, 0.2) is 0 Å². The van der Waals surface area contributed by atoms with Crippen molar-refractivity contribution in [2.45, 2.75) is 65.5 Å². The SMILES string of the molecule is CC(C)N(CCCCCCN)C(C)C. The van der Waals surface area contributed by atoms with Crippen LogP contribution in [0.3, 0.4) is 0 Å². The Morgan fingerprint density at radius 2 is 1.36 bits per heavy atom. The van der Waals surface area contributed by atoms with Crippen molar-refractivity contribution in [3.8, 4) is 0 Å². The fourth-order valence-corrected chi connectivity index (χ4v) is 1.90. The molecule has 0 radical (unpaired) electrons. The van der Waals surface area contributed by atoms with E-state index >= 15 is 0 Å². The van der Waals surface area contributed by atoms with Gasteiger partial charge < -0.3 is 5.73 Å². The lowest BCUT2D eigenvalue weighted by Crippen LogP contribution is -2.37. The molecule has 0 aliphatic rings. The summed E-state index contributed by atoms with van der Waals surface area (Å²) in [7, 11) is 0. The van der Waals surface area contributed by atoms with Gasteiger partial charge in [-0.25, -0.2) is 0 Å². The van der Waals surface area contributed by atoms with E-state index in [1.54, 1.807) is 0 Å². The summed E-state index contributed by atoms with van der Waals surface area (Å²) in [5.74, 6) is 0. The Hall–Kier alpha value is -0.0800. The number of nitrogens with zero attached hydrogens (tertiary/aromatic N) is 1. The predicted molar refractivity (Wildman–Crippen MR) is 64.5 cm³/mol. The molecule has 2 nitrogen and oxygen atoms in total. The molecule has 0 saturated heterocycles. The molecule has 0 aliphatic heterocycles. The van der Waals surface area contributed by atoms with Crippen molar-refractivity contribution in [1.29, 1.82) is 0 Å². The van der Waals surface area contributed by atoms with E-state index in [4.69, 9.17) is 5.73 Å². The van der Waals surface area contributed by atoms with Crippen molar-refractivity contribution in [1.82, 2.24) is 4.90 Å². The molecule has 0 bridgehead atoms. The lowest BCUT2D eigenvalue weighted by atomic mass is 10.1. The summed E-state index contributed by atoms with van der Waals surface area (Å²) in [5.41, 5.74) is 5.46. The number of hydrogen-bond donors (Lipinski definition) is 1. The molecule has 86 valence electrons. The Morgan fingerprint density at radius 1 is 0.857 bits per heavy atom. The Labute approximate surface area is 89.9 Å². The van der Waals surface area contributed by atoms with Gasteiger partial charge in [0, 0.05) is 12.1 Å². The minimum atomic E-state index is 0.671. The van der Waals surface area contributed by atoms with E-state index in [9.17, 15) is 0 Å². The van der Waals surface area contributed by atoms with Gasteiger partial charge in [-0.1, -0.05) is 12.8 Å². The zero-order valence-electron chi connectivity index (χ0n) is 10.4. The fraction of sp³-hybridized carbons (Fsp3) is 1.00. The van der Waals surface area contributed by atoms with Crippen molar-refractivity contribution in [2.75, 3.05) is 13.1 Å². The van der Waals surface area contributed by atoms with Crippen molar-refractivity contribution < 1.29 is 0 Å². The van der Waals surface area contributed by atoms with Crippen LogP contribution in [-0.4, -0.2) is 30.1 Å². The molecule has 0 unspecified atom stereocenters. The Balaban J connectivity index is 3.52. The first-order chi connectivity index (χ1) is 6.59. The average molecular weight is 200 g/mol. The lowest BCUT2D eigenvalue weighted by molar-refractivity contribution is 0.171. The number of unbranched alkanes of at least 4 members (excludes halogenated alkanes) is 3. The molecule has 0 rings (SSSR count). The zero-order chi connectivity index (χ0) is 11.0. The summed E-state index contributed by atoms with van der Waals surface area (Å²) in [4.78, 5) is 2.56. The molecule has 0 fully saturated rings. The second-order valence-electron chi connectivity index (χ2n) is 4.63. The van der Waals surface area contributed by atoms with Crippen molar-refractivity contribution >= 4 is 0 Å². The molecular formula is C12H28N2. The highest BCUT2D eigenvalue weighted by Crippen LogP contribution is 2.08. The van der Waals surface area contributed by atoms with E-state index in [1.807, 2.05) is 0 Å². The molecular weight excluding hydrogens is 172 g/mol. The summed E-state index contributed by atoms with van der Waals surface area (Å²) in [5, 5.41) is 0. The molecule has 2 heteroatoms. The second kappa shape index (κ2) is 8.25. The summed E-state index contributed by atoms with van der Waals surface area (Å²) >= 11 is 0. The van der Waals surface area contributed by atoms with Gasteiger partial charge in [-0.15, -0.1) is 0 Å². The van der Waals surface area contributed by atoms with Crippen LogP contribution in [0.2, 0.25) is 0 Å². The smallest absolute Gasteiger partial charge is 0.00412 e. The van der Waals surface area contributed by atoms with E-state index in [0.717, 1.165) is 6.54 Å². The van der Waals surface area contributed by atoms with E-state index in [-0.39, 0.29) is 0 Å². The average Bonchev–Trinajstić information content (AvgIpc) is 2.09. The highest BCUT2D eigenvalue weighted by Gasteiger charge is 2.11. The maximum Gasteiger partial charge on any atom is 0.00412 e. The molecule has 0 saturated carbocycles. The molecule has 0 amide bonds. The van der Waals surface area contributed by atoms with Gasteiger partial charge in [-0.2, -0.15) is 0 Å². The first-order valence-corrected chi connectivity index (χ1v) is 6.05. The molecule has 0 aromatic carbocycles. The number of nitrogens with two attached hydrogens (primary N) is 1. The zero-order valence-corrected chi connectivity index (χ0v) is 10.4. The van der Waals surface area contributed by atoms with Gasteiger partial charge in [0.05, 0.1) is 0 Å². The summed E-state index contributed by atoms with van der Waals surface area (Å²) in [6.45, 7) is 11.2. The minimum absolute atomic E-state index is 0.671. The summed E-state index contributed by atoms with van der Waals surface area (Å²) in [6.07, 6.45) is 5.12. The van der Waals surface area contributed by atoms with Gasteiger partial charge in [0.2, 0.25) is 0 Å². The normalized spacial score (nSPS) is 12.0. The second-order valence-corrected chi connectivity index (χ2v) is 4.63. The van der Waals surface area contributed by atoms with Crippen LogP contribution in [0.15, 0.2) is 0 Å². The number of rotatable bonds is 8. The molecule has 0 spiro atoms. The summed E-state index contributed by atoms with van der Waals surface area (Å²) < 4.78 is 0. The highest BCUT2D eigenvalue weighted by atomic mass is 15.2. The molecule has 0 heterocycles. The van der Waals surface area contributed by atoms with Crippen LogP contribution in [-0.2, 0) is 0 Å². The first-order valence-electron chi connectivity index (χ1n) is 6.05. The quantitative estimate of drug-likeness (QED) is 0.610. The van der Waals surface area contributed by atoms with Crippen molar-refractivity contribution in [3.63, 3.8) is 0 Å². The van der Waals surface area contributed by atoms with Gasteiger partial charge in [-0.3, -0.25) is 4.90 Å². The van der Waals surface area contributed by atoms with Gasteiger partial charge in [0.25, 0.3) is 0 Å². The van der Waals surface area contributed by atoms with E-state index in [2.05, 4.69) is 32.6 Å². The topological polar surface area (TPSA) is 29.3 Å². The van der Waals surface area contributed by atoms with E-state index in [0.29, 0.717) is 12.1 Å². The molecule has 0 aliphatic carbocycles. The molecule has 0 atom stereocenters. The fourth-order valence-electron chi connectivity index (χ4n) is 1.90. The molecule has 0 aromatic rings. The largest absolute Gasteiger partial charge is 0.330 e. The van der Waals surface area contributed by atoms with Crippen molar-refractivity contribution in [3.05, 3.63) is 0 Å².